The van der Waals surface area contributed by atoms with Gasteiger partial charge in [-0.3, -0.25) is 4.79 Å². The van der Waals surface area contributed by atoms with Gasteiger partial charge >= 0.3 is 5.97 Å². The fraction of sp³-hybridized carbons (Fsp3) is 0.500. The predicted octanol–water partition coefficient (Wildman–Crippen LogP) is 2.80. The third-order valence-corrected chi connectivity index (χ3v) is 4.15. The number of unbranched alkanes of at least 4 members (excludes halogenated alkanes) is 1. The maximum absolute atomic E-state index is 11.7. The number of methoxy groups -OCH3 is 1. The molecule has 0 bridgehead atoms. The summed E-state index contributed by atoms with van der Waals surface area (Å²) in [4.78, 5) is 22.2. The molecule has 0 saturated carbocycles. The SMILES string of the molecule is COC(=O)CC1(CCCC=O)CCc2ccccc21. The molecule has 102 valence electrons. The Bertz CT molecular complexity index is 467. The van der Waals surface area contributed by atoms with Crippen LogP contribution in [0.3, 0.4) is 0 Å². The molecule has 0 N–H and O–H groups in total. The van der Waals surface area contributed by atoms with Crippen LogP contribution >= 0.6 is 0 Å². The van der Waals surface area contributed by atoms with Crippen LogP contribution in [-0.2, 0) is 26.2 Å². The van der Waals surface area contributed by atoms with Crippen molar-refractivity contribution in [1.29, 1.82) is 0 Å². The van der Waals surface area contributed by atoms with Crippen LogP contribution in [0.1, 0.15) is 43.2 Å². The van der Waals surface area contributed by atoms with Crippen molar-refractivity contribution in [2.45, 2.75) is 43.9 Å². The maximum atomic E-state index is 11.7. The summed E-state index contributed by atoms with van der Waals surface area (Å²) in [6.45, 7) is 0. The standard InChI is InChI=1S/C16H20O3/c1-19-15(18)12-16(9-4-5-11-17)10-8-13-6-2-3-7-14(13)16/h2-3,6-7,11H,4-5,8-10,12H2,1H3. The number of carbonyl (C=O) groups is 2. The summed E-state index contributed by atoms with van der Waals surface area (Å²) < 4.78 is 4.85. The molecule has 0 aliphatic heterocycles. The number of benzene rings is 1. The lowest BCUT2D eigenvalue weighted by molar-refractivity contribution is -0.142. The quantitative estimate of drug-likeness (QED) is 0.449. The summed E-state index contributed by atoms with van der Waals surface area (Å²) in [5.41, 5.74) is 2.47. The number of aryl methyl sites for hydroxylation is 1. The average molecular weight is 260 g/mol. The zero-order chi connectivity index (χ0) is 13.7. The molecule has 3 nitrogen and oxygen atoms in total. The van der Waals surface area contributed by atoms with E-state index in [-0.39, 0.29) is 11.4 Å². The fourth-order valence-electron chi connectivity index (χ4n) is 3.17. The van der Waals surface area contributed by atoms with Crippen molar-refractivity contribution < 1.29 is 14.3 Å². The van der Waals surface area contributed by atoms with E-state index in [0.29, 0.717) is 12.8 Å². The van der Waals surface area contributed by atoms with Gasteiger partial charge in [-0.15, -0.1) is 0 Å². The van der Waals surface area contributed by atoms with Crippen molar-refractivity contribution in [3.05, 3.63) is 35.4 Å². The molecule has 19 heavy (non-hydrogen) atoms. The van der Waals surface area contributed by atoms with Gasteiger partial charge in [0, 0.05) is 11.8 Å². The Kier molecular flexibility index (Phi) is 4.35. The van der Waals surface area contributed by atoms with E-state index in [1.54, 1.807) is 0 Å². The first-order valence-electron chi connectivity index (χ1n) is 6.81. The summed E-state index contributed by atoms with van der Waals surface area (Å²) >= 11 is 0. The molecule has 0 heterocycles. The number of fused-ring (bicyclic) bond motifs is 1. The summed E-state index contributed by atoms with van der Waals surface area (Å²) in [7, 11) is 1.43. The Balaban J connectivity index is 2.25. The third kappa shape index (κ3) is 2.86. The molecule has 0 amide bonds. The second-order valence-corrected chi connectivity index (χ2v) is 5.25. The lowest BCUT2D eigenvalue weighted by atomic mass is 9.75. The van der Waals surface area contributed by atoms with Crippen molar-refractivity contribution in [2.75, 3.05) is 7.11 Å². The molecular weight excluding hydrogens is 240 g/mol. The molecule has 3 heteroatoms. The maximum Gasteiger partial charge on any atom is 0.306 e. The largest absolute Gasteiger partial charge is 0.469 e. The van der Waals surface area contributed by atoms with Crippen LogP contribution in [0.2, 0.25) is 0 Å². The number of hydrogen-bond donors (Lipinski definition) is 0. The molecule has 1 unspecified atom stereocenters. The highest BCUT2D eigenvalue weighted by Gasteiger charge is 2.39. The number of ether oxygens (including phenoxy) is 1. The number of carbonyl (C=O) groups excluding carboxylic acids is 2. The van der Waals surface area contributed by atoms with Gasteiger partial charge in [0.05, 0.1) is 13.5 Å². The van der Waals surface area contributed by atoms with Gasteiger partial charge in [0.1, 0.15) is 6.29 Å². The van der Waals surface area contributed by atoms with Crippen LogP contribution < -0.4 is 0 Å². The van der Waals surface area contributed by atoms with Gasteiger partial charge in [-0.25, -0.2) is 0 Å². The Labute approximate surface area is 114 Å². The second-order valence-electron chi connectivity index (χ2n) is 5.25. The smallest absolute Gasteiger partial charge is 0.306 e. The Morgan fingerprint density at radius 3 is 2.95 bits per heavy atom. The van der Waals surface area contributed by atoms with Crippen molar-refractivity contribution in [3.63, 3.8) is 0 Å². The molecule has 0 radical (unpaired) electrons. The topological polar surface area (TPSA) is 43.4 Å². The normalized spacial score (nSPS) is 20.9. The zero-order valence-corrected chi connectivity index (χ0v) is 11.4. The molecule has 0 aromatic heterocycles. The highest BCUT2D eigenvalue weighted by atomic mass is 16.5. The van der Waals surface area contributed by atoms with Crippen molar-refractivity contribution in [3.8, 4) is 0 Å². The molecule has 1 atom stereocenters. The minimum Gasteiger partial charge on any atom is -0.469 e. The Hall–Kier alpha value is -1.64. The molecule has 2 rings (SSSR count). The summed E-state index contributed by atoms with van der Waals surface area (Å²) in [6, 6.07) is 8.31. The zero-order valence-electron chi connectivity index (χ0n) is 11.4. The van der Waals surface area contributed by atoms with Gasteiger partial charge < -0.3 is 9.53 Å². The minimum absolute atomic E-state index is 0.132. The van der Waals surface area contributed by atoms with E-state index in [2.05, 4.69) is 12.1 Å². The first-order chi connectivity index (χ1) is 9.22. The minimum atomic E-state index is -0.164. The Morgan fingerprint density at radius 1 is 1.42 bits per heavy atom. The number of rotatable bonds is 6. The number of hydrogen-bond acceptors (Lipinski definition) is 3. The van der Waals surface area contributed by atoms with Crippen LogP contribution in [0.25, 0.3) is 0 Å². The van der Waals surface area contributed by atoms with E-state index >= 15 is 0 Å². The van der Waals surface area contributed by atoms with Crippen LogP contribution in [0.4, 0.5) is 0 Å². The first kappa shape index (κ1) is 13.8. The van der Waals surface area contributed by atoms with Gasteiger partial charge in [-0.05, 0) is 36.8 Å². The van der Waals surface area contributed by atoms with Crippen LogP contribution in [0, 0.1) is 0 Å². The third-order valence-electron chi connectivity index (χ3n) is 4.15. The van der Waals surface area contributed by atoms with E-state index in [1.165, 1.54) is 18.2 Å². The highest BCUT2D eigenvalue weighted by molar-refractivity contribution is 5.72. The average Bonchev–Trinajstić information content (AvgIpc) is 2.79. The van der Waals surface area contributed by atoms with Crippen LogP contribution in [0.5, 0.6) is 0 Å². The van der Waals surface area contributed by atoms with Gasteiger partial charge in [0.2, 0.25) is 0 Å². The molecule has 1 aliphatic rings. The summed E-state index contributed by atoms with van der Waals surface area (Å²) in [5, 5.41) is 0. The van der Waals surface area contributed by atoms with Crippen LogP contribution in [-0.4, -0.2) is 19.4 Å². The number of esters is 1. The lowest BCUT2D eigenvalue weighted by Gasteiger charge is -2.29. The Morgan fingerprint density at radius 2 is 2.21 bits per heavy atom. The number of aldehydes is 1. The molecule has 1 aromatic rings. The van der Waals surface area contributed by atoms with Crippen molar-refractivity contribution in [2.24, 2.45) is 0 Å². The van der Waals surface area contributed by atoms with E-state index < -0.39 is 0 Å². The van der Waals surface area contributed by atoms with Crippen molar-refractivity contribution >= 4 is 12.3 Å². The van der Waals surface area contributed by atoms with Gasteiger partial charge in [-0.2, -0.15) is 0 Å². The van der Waals surface area contributed by atoms with E-state index in [4.69, 9.17) is 4.74 Å². The molecule has 0 spiro atoms. The predicted molar refractivity (Wildman–Crippen MR) is 73.0 cm³/mol. The van der Waals surface area contributed by atoms with Gasteiger partial charge in [-0.1, -0.05) is 24.3 Å². The van der Waals surface area contributed by atoms with Crippen molar-refractivity contribution in [1.82, 2.24) is 0 Å². The fourth-order valence-corrected chi connectivity index (χ4v) is 3.17. The second kappa shape index (κ2) is 6.00. The molecule has 0 fully saturated rings. The van der Waals surface area contributed by atoms with Crippen LogP contribution in [0.15, 0.2) is 24.3 Å². The van der Waals surface area contributed by atoms with Gasteiger partial charge in [0.15, 0.2) is 0 Å². The lowest BCUT2D eigenvalue weighted by Crippen LogP contribution is -2.27. The van der Waals surface area contributed by atoms with E-state index in [1.807, 2.05) is 12.1 Å². The van der Waals surface area contributed by atoms with E-state index in [0.717, 1.165) is 32.0 Å². The van der Waals surface area contributed by atoms with Gasteiger partial charge in [0.25, 0.3) is 0 Å². The molecule has 1 aromatic carbocycles. The molecule has 0 saturated heterocycles. The summed E-state index contributed by atoms with van der Waals surface area (Å²) in [5.74, 6) is -0.164. The highest BCUT2D eigenvalue weighted by Crippen LogP contribution is 2.45. The molecular formula is C16H20O3. The van der Waals surface area contributed by atoms with E-state index in [9.17, 15) is 9.59 Å². The summed E-state index contributed by atoms with van der Waals surface area (Å²) in [6.07, 6.45) is 5.61. The molecule has 1 aliphatic carbocycles. The monoisotopic (exact) mass is 260 g/mol. The first-order valence-corrected chi connectivity index (χ1v) is 6.81.